The van der Waals surface area contributed by atoms with Gasteiger partial charge in [-0.05, 0) is 20.8 Å². The van der Waals surface area contributed by atoms with E-state index in [9.17, 15) is 14.4 Å². The van der Waals surface area contributed by atoms with Crippen LogP contribution in [0.5, 0.6) is 0 Å². The molecule has 1 atom stereocenters. The molecule has 0 aromatic heterocycles. The lowest BCUT2D eigenvalue weighted by Gasteiger charge is -2.43. The maximum Gasteiger partial charge on any atom is 0.246 e. The van der Waals surface area contributed by atoms with Crippen molar-refractivity contribution in [2.75, 3.05) is 6.54 Å². The van der Waals surface area contributed by atoms with Gasteiger partial charge in [-0.25, -0.2) is 5.84 Å². The van der Waals surface area contributed by atoms with Gasteiger partial charge in [0.1, 0.15) is 0 Å². The Balaban J connectivity index is 2.82. The molecular formula is C10H18N4O3. The molecule has 1 heterocycles. The van der Waals surface area contributed by atoms with Crippen molar-refractivity contribution in [3.05, 3.63) is 0 Å². The van der Waals surface area contributed by atoms with Crippen molar-refractivity contribution in [2.24, 2.45) is 5.84 Å². The highest BCUT2D eigenvalue weighted by atomic mass is 16.2. The minimum Gasteiger partial charge on any atom is -0.294 e. The van der Waals surface area contributed by atoms with Gasteiger partial charge in [0.05, 0.1) is 12.1 Å². The maximum absolute atomic E-state index is 11.7. The van der Waals surface area contributed by atoms with Crippen LogP contribution < -0.4 is 16.6 Å². The van der Waals surface area contributed by atoms with E-state index in [2.05, 4.69) is 5.32 Å². The zero-order valence-corrected chi connectivity index (χ0v) is 10.2. The molecule has 0 aromatic carbocycles. The number of nitrogens with one attached hydrogen (secondary N) is 2. The Morgan fingerprint density at radius 1 is 1.59 bits per heavy atom. The molecule has 17 heavy (non-hydrogen) atoms. The smallest absolute Gasteiger partial charge is 0.246 e. The highest BCUT2D eigenvalue weighted by Gasteiger charge is 2.43. The van der Waals surface area contributed by atoms with Crippen molar-refractivity contribution < 1.29 is 14.4 Å². The fourth-order valence-corrected chi connectivity index (χ4v) is 1.95. The Morgan fingerprint density at radius 2 is 2.18 bits per heavy atom. The van der Waals surface area contributed by atoms with Crippen LogP contribution in [0.1, 0.15) is 27.2 Å². The number of carbonyl (C=O) groups is 3. The molecule has 0 aliphatic carbocycles. The standard InChI is InChI=1S/C10H18N4O3/c1-6(4-7(15)13-11)14-5-8(16)12-9(17)10(14,2)3/h6H,4-5,11H2,1-3H3,(H,13,15)(H,12,16,17). The first kappa shape index (κ1) is 13.6. The monoisotopic (exact) mass is 242 g/mol. The van der Waals surface area contributed by atoms with Gasteiger partial charge in [0.15, 0.2) is 0 Å². The van der Waals surface area contributed by atoms with Gasteiger partial charge < -0.3 is 0 Å². The van der Waals surface area contributed by atoms with Crippen LogP contribution in [0, 0.1) is 0 Å². The molecule has 7 nitrogen and oxygen atoms in total. The second-order valence-corrected chi connectivity index (χ2v) is 4.68. The van der Waals surface area contributed by atoms with Crippen LogP contribution in [0.3, 0.4) is 0 Å². The third-order valence-corrected chi connectivity index (χ3v) is 3.01. The van der Waals surface area contributed by atoms with E-state index in [1.165, 1.54) is 0 Å². The number of hydrogen-bond donors (Lipinski definition) is 3. The van der Waals surface area contributed by atoms with Gasteiger partial charge in [0, 0.05) is 12.5 Å². The number of rotatable bonds is 3. The normalized spacial score (nSPS) is 21.9. The minimum absolute atomic E-state index is 0.0950. The summed E-state index contributed by atoms with van der Waals surface area (Å²) in [5.74, 6) is 3.98. The lowest BCUT2D eigenvalue weighted by Crippen LogP contribution is -2.66. The quantitative estimate of drug-likeness (QED) is 0.241. The second-order valence-electron chi connectivity index (χ2n) is 4.68. The van der Waals surface area contributed by atoms with E-state index >= 15 is 0 Å². The van der Waals surface area contributed by atoms with Crippen LogP contribution in [0.15, 0.2) is 0 Å². The van der Waals surface area contributed by atoms with Gasteiger partial charge in [-0.2, -0.15) is 0 Å². The van der Waals surface area contributed by atoms with Gasteiger partial charge in [0.2, 0.25) is 17.7 Å². The van der Waals surface area contributed by atoms with Crippen LogP contribution in [0.25, 0.3) is 0 Å². The highest BCUT2D eigenvalue weighted by Crippen LogP contribution is 2.22. The zero-order chi connectivity index (χ0) is 13.2. The Bertz CT molecular complexity index is 353. The van der Waals surface area contributed by atoms with Crippen LogP contribution in [0.2, 0.25) is 0 Å². The SMILES string of the molecule is CC(CC(=O)NN)N1CC(=O)NC(=O)C1(C)C. The Labute approximate surface area is 99.7 Å². The van der Waals surface area contributed by atoms with Crippen molar-refractivity contribution in [3.8, 4) is 0 Å². The summed E-state index contributed by atoms with van der Waals surface area (Å²) in [5.41, 5.74) is 1.22. The predicted octanol–water partition coefficient (Wildman–Crippen LogP) is -1.51. The summed E-state index contributed by atoms with van der Waals surface area (Å²) in [4.78, 5) is 35.9. The van der Waals surface area contributed by atoms with Gasteiger partial charge in [0.25, 0.3) is 0 Å². The summed E-state index contributed by atoms with van der Waals surface area (Å²) in [5, 5.41) is 2.28. The molecule has 3 amide bonds. The summed E-state index contributed by atoms with van der Waals surface area (Å²) in [6.07, 6.45) is 0.139. The Morgan fingerprint density at radius 3 is 2.71 bits per heavy atom. The third kappa shape index (κ3) is 2.80. The molecule has 0 bridgehead atoms. The molecule has 1 aliphatic heterocycles. The summed E-state index contributed by atoms with van der Waals surface area (Å²) >= 11 is 0. The number of hydrogen-bond acceptors (Lipinski definition) is 5. The zero-order valence-electron chi connectivity index (χ0n) is 10.2. The molecule has 1 saturated heterocycles. The highest BCUT2D eigenvalue weighted by molar-refractivity contribution is 6.03. The van der Waals surface area contributed by atoms with Gasteiger partial charge in [-0.1, -0.05) is 0 Å². The van der Waals surface area contributed by atoms with Crippen LogP contribution in [-0.4, -0.2) is 40.7 Å². The number of nitrogens with zero attached hydrogens (tertiary/aromatic N) is 1. The average molecular weight is 242 g/mol. The fourth-order valence-electron chi connectivity index (χ4n) is 1.95. The molecule has 1 aliphatic rings. The van der Waals surface area contributed by atoms with E-state index < -0.39 is 5.54 Å². The van der Waals surface area contributed by atoms with E-state index in [1.807, 2.05) is 5.43 Å². The van der Waals surface area contributed by atoms with E-state index in [0.29, 0.717) is 0 Å². The molecular weight excluding hydrogens is 224 g/mol. The predicted molar refractivity (Wildman–Crippen MR) is 60.3 cm³/mol. The average Bonchev–Trinajstić information content (AvgIpc) is 2.23. The topological polar surface area (TPSA) is 105 Å². The molecule has 1 unspecified atom stereocenters. The van der Waals surface area contributed by atoms with Crippen molar-refractivity contribution in [1.29, 1.82) is 0 Å². The summed E-state index contributed by atoms with van der Waals surface area (Å²) in [7, 11) is 0. The molecule has 7 heteroatoms. The van der Waals surface area contributed by atoms with Crippen molar-refractivity contribution in [3.63, 3.8) is 0 Å². The van der Waals surface area contributed by atoms with Gasteiger partial charge >= 0.3 is 0 Å². The van der Waals surface area contributed by atoms with Crippen molar-refractivity contribution in [1.82, 2.24) is 15.6 Å². The number of imide groups is 1. The molecule has 1 rings (SSSR count). The Kier molecular flexibility index (Phi) is 3.84. The fraction of sp³-hybridized carbons (Fsp3) is 0.700. The van der Waals surface area contributed by atoms with E-state index in [-0.39, 0.29) is 36.7 Å². The van der Waals surface area contributed by atoms with Crippen molar-refractivity contribution in [2.45, 2.75) is 38.8 Å². The number of nitrogens with two attached hydrogens (primary N) is 1. The van der Waals surface area contributed by atoms with Gasteiger partial charge in [-0.3, -0.25) is 30.0 Å². The lowest BCUT2D eigenvalue weighted by molar-refractivity contribution is -0.148. The summed E-state index contributed by atoms with van der Waals surface area (Å²) in [6.45, 7) is 5.30. The van der Waals surface area contributed by atoms with E-state index in [4.69, 9.17) is 5.84 Å². The number of hydrazine groups is 1. The molecule has 1 fully saturated rings. The van der Waals surface area contributed by atoms with E-state index in [0.717, 1.165) is 0 Å². The minimum atomic E-state index is -0.817. The van der Waals surface area contributed by atoms with Crippen LogP contribution in [0.4, 0.5) is 0 Å². The molecule has 0 radical (unpaired) electrons. The number of carbonyl (C=O) groups excluding carboxylic acids is 3. The molecule has 0 spiro atoms. The lowest BCUT2D eigenvalue weighted by atomic mass is 9.95. The molecule has 96 valence electrons. The third-order valence-electron chi connectivity index (χ3n) is 3.01. The van der Waals surface area contributed by atoms with Crippen LogP contribution in [-0.2, 0) is 14.4 Å². The van der Waals surface area contributed by atoms with Gasteiger partial charge in [-0.15, -0.1) is 0 Å². The van der Waals surface area contributed by atoms with Crippen LogP contribution >= 0.6 is 0 Å². The first-order chi connectivity index (χ1) is 7.78. The number of amides is 3. The van der Waals surface area contributed by atoms with Crippen molar-refractivity contribution >= 4 is 17.7 Å². The second kappa shape index (κ2) is 4.80. The first-order valence-corrected chi connectivity index (χ1v) is 5.39. The first-order valence-electron chi connectivity index (χ1n) is 5.39. The molecule has 0 saturated carbocycles. The molecule has 0 aromatic rings. The number of piperazine rings is 1. The van der Waals surface area contributed by atoms with E-state index in [1.54, 1.807) is 25.7 Å². The Hall–Kier alpha value is -1.47. The summed E-state index contributed by atoms with van der Waals surface area (Å²) in [6, 6.07) is -0.247. The largest absolute Gasteiger partial charge is 0.294 e. The molecule has 4 N–H and O–H groups in total. The maximum atomic E-state index is 11.7. The summed E-state index contributed by atoms with van der Waals surface area (Å²) < 4.78 is 0.